The van der Waals surface area contributed by atoms with E-state index >= 15 is 0 Å². The lowest BCUT2D eigenvalue weighted by Crippen LogP contribution is -2.42. The lowest BCUT2D eigenvalue weighted by Gasteiger charge is -2.40. The van der Waals surface area contributed by atoms with Crippen molar-refractivity contribution >= 4 is 31.5 Å². The number of aromatic nitrogens is 2. The SMILES string of the molecule is CC(C)C(O[Si](C)(C)C(C)(C)C)c1cc(Cl)nnc1Cl. The van der Waals surface area contributed by atoms with Gasteiger partial charge in [-0.25, -0.2) is 0 Å². The Hall–Kier alpha value is -0.163. The van der Waals surface area contributed by atoms with E-state index in [1.165, 1.54) is 0 Å². The summed E-state index contributed by atoms with van der Waals surface area (Å²) >= 11 is 12.1. The number of hydrogen-bond donors (Lipinski definition) is 0. The maximum absolute atomic E-state index is 6.51. The largest absolute Gasteiger partial charge is 0.410 e. The molecule has 1 heterocycles. The molecule has 1 aromatic heterocycles. The summed E-state index contributed by atoms with van der Waals surface area (Å²) in [6.07, 6.45) is -0.114. The molecule has 1 rings (SSSR count). The molecule has 0 bridgehead atoms. The smallest absolute Gasteiger partial charge is 0.192 e. The summed E-state index contributed by atoms with van der Waals surface area (Å²) < 4.78 is 6.51. The molecule has 0 aromatic carbocycles. The third kappa shape index (κ3) is 4.17. The molecular weight excluding hydrogens is 311 g/mol. The zero-order valence-corrected chi connectivity index (χ0v) is 15.8. The van der Waals surface area contributed by atoms with Crippen LogP contribution >= 0.6 is 23.2 Å². The first-order valence-electron chi connectivity index (χ1n) is 6.82. The zero-order chi connectivity index (χ0) is 15.7. The van der Waals surface area contributed by atoms with Gasteiger partial charge in [0.2, 0.25) is 0 Å². The summed E-state index contributed by atoms with van der Waals surface area (Å²) in [4.78, 5) is 0. The number of rotatable bonds is 4. The van der Waals surface area contributed by atoms with Gasteiger partial charge in [-0.05, 0) is 30.1 Å². The van der Waals surface area contributed by atoms with E-state index in [0.29, 0.717) is 10.3 Å². The van der Waals surface area contributed by atoms with Crippen molar-refractivity contribution in [3.63, 3.8) is 0 Å². The van der Waals surface area contributed by atoms with Crippen LogP contribution in [0, 0.1) is 5.92 Å². The van der Waals surface area contributed by atoms with E-state index in [9.17, 15) is 0 Å². The molecule has 0 aliphatic rings. The first-order valence-corrected chi connectivity index (χ1v) is 10.5. The number of nitrogens with zero attached hydrogens (tertiary/aromatic N) is 2. The predicted octanol–water partition coefficient (Wildman–Crippen LogP) is 5.50. The third-order valence-corrected chi connectivity index (χ3v) is 8.82. The van der Waals surface area contributed by atoms with Gasteiger partial charge in [-0.2, -0.15) is 0 Å². The van der Waals surface area contributed by atoms with Crippen molar-refractivity contribution in [2.45, 2.75) is 58.9 Å². The minimum absolute atomic E-state index is 0.114. The Morgan fingerprint density at radius 3 is 2.15 bits per heavy atom. The lowest BCUT2D eigenvalue weighted by atomic mass is 10.0. The van der Waals surface area contributed by atoms with Crippen molar-refractivity contribution in [3.05, 3.63) is 21.9 Å². The highest BCUT2D eigenvalue weighted by Crippen LogP contribution is 2.42. The molecule has 1 aromatic rings. The fourth-order valence-corrected chi connectivity index (χ4v) is 3.36. The van der Waals surface area contributed by atoms with Crippen LogP contribution < -0.4 is 0 Å². The number of halogens is 2. The van der Waals surface area contributed by atoms with Crippen LogP contribution in [-0.2, 0) is 4.43 Å². The van der Waals surface area contributed by atoms with Crippen LogP contribution in [0.4, 0.5) is 0 Å². The molecule has 20 heavy (non-hydrogen) atoms. The fourth-order valence-electron chi connectivity index (χ4n) is 1.62. The maximum atomic E-state index is 6.51. The number of hydrogen-bond acceptors (Lipinski definition) is 3. The second-order valence-corrected chi connectivity index (χ2v) is 12.5. The van der Waals surface area contributed by atoms with Crippen molar-refractivity contribution in [1.82, 2.24) is 10.2 Å². The molecular formula is C14H24Cl2N2OSi. The Morgan fingerprint density at radius 1 is 1.15 bits per heavy atom. The molecule has 0 spiro atoms. The summed E-state index contributed by atoms with van der Waals surface area (Å²) in [5.74, 6) is 0.280. The molecule has 1 atom stereocenters. The Balaban J connectivity index is 3.17. The van der Waals surface area contributed by atoms with E-state index in [-0.39, 0.29) is 17.1 Å². The van der Waals surface area contributed by atoms with Gasteiger partial charge >= 0.3 is 0 Å². The second kappa shape index (κ2) is 6.30. The van der Waals surface area contributed by atoms with Gasteiger partial charge in [-0.1, -0.05) is 57.8 Å². The average Bonchev–Trinajstić information content (AvgIpc) is 2.27. The van der Waals surface area contributed by atoms with E-state index in [4.69, 9.17) is 27.6 Å². The molecule has 0 fully saturated rings. The summed E-state index contributed by atoms with van der Waals surface area (Å²) in [6, 6.07) is 1.76. The highest BCUT2D eigenvalue weighted by atomic mass is 35.5. The summed E-state index contributed by atoms with van der Waals surface area (Å²) in [5.41, 5.74) is 0.825. The van der Waals surface area contributed by atoms with E-state index in [1.807, 2.05) is 0 Å². The topological polar surface area (TPSA) is 35.0 Å². The van der Waals surface area contributed by atoms with E-state index in [0.717, 1.165) is 5.56 Å². The molecule has 0 aliphatic heterocycles. The van der Waals surface area contributed by atoms with Crippen molar-refractivity contribution in [2.24, 2.45) is 5.92 Å². The van der Waals surface area contributed by atoms with Crippen molar-refractivity contribution in [3.8, 4) is 0 Å². The highest BCUT2D eigenvalue weighted by Gasteiger charge is 2.40. The van der Waals surface area contributed by atoms with Crippen LogP contribution in [0.3, 0.4) is 0 Å². The molecule has 114 valence electrons. The lowest BCUT2D eigenvalue weighted by molar-refractivity contribution is 0.135. The Kier molecular flexibility index (Phi) is 5.64. The minimum atomic E-state index is -1.90. The third-order valence-electron chi connectivity index (χ3n) is 3.89. The predicted molar refractivity (Wildman–Crippen MR) is 87.9 cm³/mol. The van der Waals surface area contributed by atoms with Crippen LogP contribution in [0.25, 0.3) is 0 Å². The molecule has 0 amide bonds. The Labute approximate surface area is 133 Å². The summed E-state index contributed by atoms with van der Waals surface area (Å²) in [5, 5.41) is 8.50. The van der Waals surface area contributed by atoms with Gasteiger partial charge < -0.3 is 4.43 Å². The van der Waals surface area contributed by atoms with E-state index in [1.54, 1.807) is 6.07 Å². The van der Waals surface area contributed by atoms with E-state index < -0.39 is 8.32 Å². The molecule has 6 heteroatoms. The van der Waals surface area contributed by atoms with E-state index in [2.05, 4.69) is 57.9 Å². The fraction of sp³-hybridized carbons (Fsp3) is 0.714. The van der Waals surface area contributed by atoms with Crippen LogP contribution in [-0.4, -0.2) is 18.5 Å². The van der Waals surface area contributed by atoms with Crippen LogP contribution in [0.1, 0.15) is 46.3 Å². The quantitative estimate of drug-likeness (QED) is 0.681. The van der Waals surface area contributed by atoms with Crippen LogP contribution in [0.2, 0.25) is 28.4 Å². The molecule has 1 unspecified atom stereocenters. The first kappa shape index (κ1) is 17.9. The maximum Gasteiger partial charge on any atom is 0.192 e. The van der Waals surface area contributed by atoms with Gasteiger partial charge in [0.15, 0.2) is 18.6 Å². The van der Waals surface area contributed by atoms with Crippen LogP contribution in [0.5, 0.6) is 0 Å². The Bertz CT molecular complexity index is 473. The average molecular weight is 335 g/mol. The first-order chi connectivity index (χ1) is 8.95. The molecule has 0 radical (unpaired) electrons. The van der Waals surface area contributed by atoms with Gasteiger partial charge in [0.05, 0.1) is 6.10 Å². The minimum Gasteiger partial charge on any atom is -0.410 e. The monoisotopic (exact) mass is 334 g/mol. The zero-order valence-electron chi connectivity index (χ0n) is 13.3. The van der Waals surface area contributed by atoms with Crippen molar-refractivity contribution < 1.29 is 4.43 Å². The van der Waals surface area contributed by atoms with Gasteiger partial charge in [-0.15, -0.1) is 10.2 Å². The molecule has 0 saturated carbocycles. The van der Waals surface area contributed by atoms with Crippen molar-refractivity contribution in [1.29, 1.82) is 0 Å². The molecule has 0 saturated heterocycles. The molecule has 0 aliphatic carbocycles. The highest BCUT2D eigenvalue weighted by molar-refractivity contribution is 6.74. The molecule has 0 N–H and O–H groups in total. The van der Waals surface area contributed by atoms with Gasteiger partial charge in [0.25, 0.3) is 0 Å². The normalized spacial score (nSPS) is 14.7. The standard InChI is InChI=1S/C14H24Cl2N2OSi/c1-9(2)12(19-20(6,7)14(3,4)5)10-8-11(15)17-18-13(10)16/h8-9,12H,1-7H3. The van der Waals surface area contributed by atoms with Gasteiger partial charge in [0.1, 0.15) is 0 Å². The van der Waals surface area contributed by atoms with Crippen molar-refractivity contribution in [2.75, 3.05) is 0 Å². The van der Waals surface area contributed by atoms with Crippen LogP contribution in [0.15, 0.2) is 6.07 Å². The summed E-state index contributed by atoms with van der Waals surface area (Å²) in [7, 11) is -1.90. The second-order valence-electron chi connectivity index (χ2n) is 6.96. The van der Waals surface area contributed by atoms with Gasteiger partial charge in [0, 0.05) is 5.56 Å². The summed E-state index contributed by atoms with van der Waals surface area (Å²) in [6.45, 7) is 15.3. The molecule has 3 nitrogen and oxygen atoms in total. The van der Waals surface area contributed by atoms with Gasteiger partial charge in [-0.3, -0.25) is 0 Å². The Morgan fingerprint density at radius 2 is 1.70 bits per heavy atom.